The number of carbonyl (C=O) groups excluding carboxylic acids is 2. The molecule has 0 bridgehead atoms. The van der Waals surface area contributed by atoms with Crippen LogP contribution in [-0.4, -0.2) is 18.5 Å². The summed E-state index contributed by atoms with van der Waals surface area (Å²) in [6.45, 7) is 2.27. The first-order valence-corrected chi connectivity index (χ1v) is 9.05. The Morgan fingerprint density at radius 1 is 1.13 bits per heavy atom. The number of nitrogens with zero attached hydrogens (tertiary/aromatic N) is 1. The summed E-state index contributed by atoms with van der Waals surface area (Å²) < 4.78 is 21.0. The van der Waals surface area contributed by atoms with Crippen molar-refractivity contribution in [3.8, 4) is 17.6 Å². The summed E-state index contributed by atoms with van der Waals surface area (Å²) in [6, 6.07) is 13.1. The fraction of sp³-hybridized carbons (Fsp3) is 0.136. The van der Waals surface area contributed by atoms with Crippen LogP contribution in [0, 0.1) is 11.3 Å². The van der Waals surface area contributed by atoms with E-state index in [2.05, 4.69) is 5.32 Å². The average Bonchev–Trinajstić information content (AvgIpc) is 3.46. The molecule has 3 rings (SSSR count). The van der Waals surface area contributed by atoms with Gasteiger partial charge >= 0.3 is 5.97 Å². The molecule has 0 saturated carbocycles. The molecule has 1 aromatic carbocycles. The Kier molecular flexibility index (Phi) is 6.69. The van der Waals surface area contributed by atoms with Gasteiger partial charge in [-0.05, 0) is 55.0 Å². The first-order chi connectivity index (χ1) is 14.6. The van der Waals surface area contributed by atoms with Gasteiger partial charge in [-0.1, -0.05) is 6.07 Å². The predicted molar refractivity (Wildman–Crippen MR) is 105 cm³/mol. The van der Waals surface area contributed by atoms with Crippen molar-refractivity contribution < 1.29 is 27.9 Å². The minimum atomic E-state index is -0.667. The van der Waals surface area contributed by atoms with Crippen molar-refractivity contribution in [1.29, 1.82) is 5.26 Å². The van der Waals surface area contributed by atoms with Crippen molar-refractivity contribution in [1.82, 2.24) is 5.32 Å². The second-order valence-corrected chi connectivity index (χ2v) is 5.94. The fourth-order valence-electron chi connectivity index (χ4n) is 2.50. The van der Waals surface area contributed by atoms with Crippen molar-refractivity contribution in [2.75, 3.05) is 6.61 Å². The van der Waals surface area contributed by atoms with Gasteiger partial charge in [0.05, 0.1) is 25.7 Å². The van der Waals surface area contributed by atoms with E-state index in [0.717, 1.165) is 0 Å². The zero-order valence-corrected chi connectivity index (χ0v) is 16.1. The highest BCUT2D eigenvalue weighted by atomic mass is 16.6. The van der Waals surface area contributed by atoms with Crippen LogP contribution in [0.5, 0.6) is 11.5 Å². The van der Waals surface area contributed by atoms with Gasteiger partial charge in [-0.25, -0.2) is 4.79 Å². The summed E-state index contributed by atoms with van der Waals surface area (Å²) in [5, 5.41) is 12.0. The van der Waals surface area contributed by atoms with Crippen LogP contribution in [0.25, 0.3) is 6.08 Å². The van der Waals surface area contributed by atoms with Crippen molar-refractivity contribution >= 4 is 18.0 Å². The molecular weight excluding hydrogens is 388 g/mol. The Morgan fingerprint density at radius 3 is 2.60 bits per heavy atom. The summed E-state index contributed by atoms with van der Waals surface area (Å²) >= 11 is 0. The highest BCUT2D eigenvalue weighted by molar-refractivity contribution is 6.01. The van der Waals surface area contributed by atoms with Crippen LogP contribution >= 0.6 is 0 Å². The number of carbonyl (C=O) groups is 2. The summed E-state index contributed by atoms with van der Waals surface area (Å²) in [5.41, 5.74) is 0.435. The molecule has 8 nitrogen and oxygen atoms in total. The summed E-state index contributed by atoms with van der Waals surface area (Å²) in [6.07, 6.45) is 4.28. The molecule has 0 aliphatic rings. The number of hydrogen-bond donors (Lipinski definition) is 1. The van der Waals surface area contributed by atoms with Gasteiger partial charge in [-0.15, -0.1) is 0 Å². The van der Waals surface area contributed by atoms with Crippen LogP contribution in [0.3, 0.4) is 0 Å². The van der Waals surface area contributed by atoms with Crippen molar-refractivity contribution in [3.05, 3.63) is 77.6 Å². The number of nitriles is 1. The molecule has 0 aliphatic heterocycles. The molecule has 2 aromatic heterocycles. The van der Waals surface area contributed by atoms with Gasteiger partial charge < -0.3 is 23.6 Å². The standard InChI is InChI=1S/C22H18N2O6/c1-2-27-20-12-15(7-8-18(20)30-22(26)19-6-4-10-29-19)11-16(13-23)21(25)24-14-17-5-3-9-28-17/h3-12H,2,14H2,1H3,(H,24,25). The van der Waals surface area contributed by atoms with E-state index in [9.17, 15) is 14.9 Å². The molecule has 0 radical (unpaired) electrons. The first-order valence-electron chi connectivity index (χ1n) is 9.05. The zero-order valence-electron chi connectivity index (χ0n) is 16.1. The third kappa shape index (κ3) is 5.17. The molecule has 0 unspecified atom stereocenters. The summed E-state index contributed by atoms with van der Waals surface area (Å²) in [4.78, 5) is 24.4. The third-order valence-corrected chi connectivity index (χ3v) is 3.87. The van der Waals surface area contributed by atoms with E-state index in [1.54, 1.807) is 37.3 Å². The minimum Gasteiger partial charge on any atom is -0.490 e. The molecule has 0 fully saturated rings. The second-order valence-electron chi connectivity index (χ2n) is 5.94. The van der Waals surface area contributed by atoms with Crippen LogP contribution < -0.4 is 14.8 Å². The third-order valence-electron chi connectivity index (χ3n) is 3.87. The summed E-state index contributed by atoms with van der Waals surface area (Å²) in [5.74, 6) is -0.0986. The number of furan rings is 2. The molecule has 0 atom stereocenters. The maximum Gasteiger partial charge on any atom is 0.379 e. The van der Waals surface area contributed by atoms with Crippen molar-refractivity contribution in [2.24, 2.45) is 0 Å². The molecule has 1 N–H and O–H groups in total. The Bertz CT molecular complexity index is 1080. The van der Waals surface area contributed by atoms with Gasteiger partial charge in [0, 0.05) is 0 Å². The molecule has 152 valence electrons. The summed E-state index contributed by atoms with van der Waals surface area (Å²) in [7, 11) is 0. The Hall–Kier alpha value is -4.25. The van der Waals surface area contributed by atoms with E-state index in [-0.39, 0.29) is 23.6 Å². The number of amides is 1. The van der Waals surface area contributed by atoms with E-state index in [1.165, 1.54) is 30.7 Å². The number of benzene rings is 1. The topological polar surface area (TPSA) is 115 Å². The van der Waals surface area contributed by atoms with Gasteiger partial charge in [-0.3, -0.25) is 4.79 Å². The monoisotopic (exact) mass is 406 g/mol. The quantitative estimate of drug-likeness (QED) is 0.262. The second kappa shape index (κ2) is 9.80. The lowest BCUT2D eigenvalue weighted by molar-refractivity contribution is -0.117. The fourth-order valence-corrected chi connectivity index (χ4v) is 2.50. The highest BCUT2D eigenvalue weighted by Gasteiger charge is 2.16. The smallest absolute Gasteiger partial charge is 0.379 e. The maximum absolute atomic E-state index is 12.3. The number of esters is 1. The first kappa shape index (κ1) is 20.5. The Morgan fingerprint density at radius 2 is 1.93 bits per heavy atom. The molecule has 30 heavy (non-hydrogen) atoms. The van der Waals surface area contributed by atoms with Crippen LogP contribution in [-0.2, 0) is 11.3 Å². The van der Waals surface area contributed by atoms with Crippen LogP contribution in [0.1, 0.15) is 28.8 Å². The molecular formula is C22H18N2O6. The van der Waals surface area contributed by atoms with Gasteiger partial charge in [0.1, 0.15) is 17.4 Å². The molecule has 1 amide bonds. The lowest BCUT2D eigenvalue weighted by atomic mass is 10.1. The number of ether oxygens (including phenoxy) is 2. The van der Waals surface area contributed by atoms with E-state index >= 15 is 0 Å². The van der Waals surface area contributed by atoms with E-state index in [1.807, 2.05) is 6.07 Å². The number of nitrogens with one attached hydrogen (secondary N) is 1. The average molecular weight is 406 g/mol. The van der Waals surface area contributed by atoms with Crippen LogP contribution in [0.15, 0.2) is 69.4 Å². The van der Waals surface area contributed by atoms with E-state index < -0.39 is 11.9 Å². The lowest BCUT2D eigenvalue weighted by Crippen LogP contribution is -2.23. The zero-order chi connectivity index (χ0) is 21.3. The predicted octanol–water partition coefficient (Wildman–Crippen LogP) is 3.71. The molecule has 0 spiro atoms. The molecule has 0 aliphatic carbocycles. The van der Waals surface area contributed by atoms with Gasteiger partial charge in [0.25, 0.3) is 5.91 Å². The van der Waals surface area contributed by atoms with Crippen LogP contribution in [0.2, 0.25) is 0 Å². The largest absolute Gasteiger partial charge is 0.490 e. The molecule has 8 heteroatoms. The minimum absolute atomic E-state index is 0.0569. The molecule has 0 saturated heterocycles. The SMILES string of the molecule is CCOc1cc(C=C(C#N)C(=O)NCc2ccco2)ccc1OC(=O)c1ccco1. The molecule has 2 heterocycles. The van der Waals surface area contributed by atoms with Crippen molar-refractivity contribution in [2.45, 2.75) is 13.5 Å². The van der Waals surface area contributed by atoms with E-state index in [4.69, 9.17) is 18.3 Å². The maximum atomic E-state index is 12.3. The normalized spacial score (nSPS) is 10.9. The number of hydrogen-bond acceptors (Lipinski definition) is 7. The van der Waals surface area contributed by atoms with Gasteiger partial charge in [0.15, 0.2) is 11.5 Å². The lowest BCUT2D eigenvalue weighted by Gasteiger charge is -2.11. The van der Waals surface area contributed by atoms with Crippen molar-refractivity contribution in [3.63, 3.8) is 0 Å². The Balaban J connectivity index is 1.77. The van der Waals surface area contributed by atoms with E-state index in [0.29, 0.717) is 23.7 Å². The van der Waals surface area contributed by atoms with Gasteiger partial charge in [-0.2, -0.15) is 5.26 Å². The highest BCUT2D eigenvalue weighted by Crippen LogP contribution is 2.30. The van der Waals surface area contributed by atoms with Gasteiger partial charge in [0.2, 0.25) is 5.76 Å². The van der Waals surface area contributed by atoms with Crippen LogP contribution in [0.4, 0.5) is 0 Å². The molecule has 3 aromatic rings. The number of rotatable bonds is 8. The Labute approximate surface area is 172 Å².